The first-order valence-corrected chi connectivity index (χ1v) is 10.9. The van der Waals surface area contributed by atoms with Gasteiger partial charge in [-0.2, -0.15) is 0 Å². The van der Waals surface area contributed by atoms with Crippen LogP contribution in [-0.4, -0.2) is 84.0 Å². The fourth-order valence-electron chi connectivity index (χ4n) is 4.86. The van der Waals surface area contributed by atoms with Crippen LogP contribution in [0, 0.1) is 5.92 Å². The molecule has 6 heteroatoms. The van der Waals surface area contributed by atoms with Gasteiger partial charge in [0.25, 0.3) is 0 Å². The van der Waals surface area contributed by atoms with E-state index in [0.717, 1.165) is 51.9 Å². The average Bonchev–Trinajstić information content (AvgIpc) is 2.95. The Kier molecular flexibility index (Phi) is 7.15. The van der Waals surface area contributed by atoms with Gasteiger partial charge in [-0.3, -0.25) is 14.5 Å². The number of hydrogen-bond donors (Lipinski definition) is 0. The van der Waals surface area contributed by atoms with E-state index >= 15 is 0 Å². The van der Waals surface area contributed by atoms with Crippen molar-refractivity contribution in [3.8, 4) is 0 Å². The molecule has 3 fully saturated rings. The Morgan fingerprint density at radius 2 is 1.41 bits per heavy atom. The predicted molar refractivity (Wildman–Crippen MR) is 105 cm³/mol. The summed E-state index contributed by atoms with van der Waals surface area (Å²) in [4.78, 5) is 32.1. The summed E-state index contributed by atoms with van der Waals surface area (Å²) in [5.41, 5.74) is 0. The van der Waals surface area contributed by atoms with Gasteiger partial charge in [-0.15, -0.1) is 0 Å². The van der Waals surface area contributed by atoms with Crippen LogP contribution in [0.2, 0.25) is 0 Å². The monoisotopic (exact) mass is 379 g/mol. The molecule has 0 saturated carbocycles. The van der Waals surface area contributed by atoms with Crippen LogP contribution >= 0.6 is 0 Å². The van der Waals surface area contributed by atoms with Crippen molar-refractivity contribution in [2.75, 3.05) is 39.3 Å². The molecule has 3 heterocycles. The smallest absolute Gasteiger partial charge is 0.239 e. The number of ether oxygens (including phenoxy) is 1. The quantitative estimate of drug-likeness (QED) is 0.754. The van der Waals surface area contributed by atoms with Crippen LogP contribution in [0.1, 0.15) is 59.3 Å². The topological polar surface area (TPSA) is 53.1 Å². The molecule has 3 aliphatic rings. The lowest BCUT2D eigenvalue weighted by Gasteiger charge is -2.41. The van der Waals surface area contributed by atoms with Gasteiger partial charge in [-0.1, -0.05) is 12.8 Å². The zero-order chi connectivity index (χ0) is 19.4. The Bertz CT molecular complexity index is 501. The molecule has 0 N–H and O–H groups in total. The molecule has 2 amide bonds. The van der Waals surface area contributed by atoms with E-state index in [0.29, 0.717) is 19.0 Å². The number of carbonyl (C=O) groups excluding carboxylic acids is 2. The first-order chi connectivity index (χ1) is 13.0. The maximum Gasteiger partial charge on any atom is 0.239 e. The van der Waals surface area contributed by atoms with Crippen molar-refractivity contribution < 1.29 is 14.3 Å². The number of likely N-dealkylation sites (tertiary alicyclic amines) is 2. The summed E-state index contributed by atoms with van der Waals surface area (Å²) < 4.78 is 5.75. The van der Waals surface area contributed by atoms with Crippen LogP contribution in [0.3, 0.4) is 0 Å². The number of amides is 2. The lowest BCUT2D eigenvalue weighted by Crippen LogP contribution is -2.55. The SMILES string of the molecule is CC1CN(C(=O)C(C)N2CCC(C(=O)N3CCCCCC3)CC2)CC(C)O1. The number of hydrogen-bond acceptors (Lipinski definition) is 4. The standard InChI is InChI=1S/C21H37N3O3/c1-16-14-24(15-17(2)27-16)20(25)18(3)22-12-8-19(9-13-22)21(26)23-10-6-4-5-7-11-23/h16-19H,4-15H2,1-3H3. The number of carbonyl (C=O) groups is 2. The van der Waals surface area contributed by atoms with Gasteiger partial charge in [-0.05, 0) is 59.5 Å². The molecule has 0 spiro atoms. The molecule has 3 rings (SSSR count). The highest BCUT2D eigenvalue weighted by Crippen LogP contribution is 2.24. The third kappa shape index (κ3) is 5.23. The second kappa shape index (κ2) is 9.37. The van der Waals surface area contributed by atoms with E-state index in [-0.39, 0.29) is 30.1 Å². The highest BCUT2D eigenvalue weighted by atomic mass is 16.5. The predicted octanol–water partition coefficient (Wildman–Crippen LogP) is 2.13. The first-order valence-electron chi connectivity index (χ1n) is 10.9. The summed E-state index contributed by atoms with van der Waals surface area (Å²) in [6.07, 6.45) is 6.75. The highest BCUT2D eigenvalue weighted by molar-refractivity contribution is 5.82. The minimum absolute atomic E-state index is 0.0990. The zero-order valence-electron chi connectivity index (χ0n) is 17.4. The maximum absolute atomic E-state index is 12.9. The summed E-state index contributed by atoms with van der Waals surface area (Å²) in [5, 5.41) is 0. The van der Waals surface area contributed by atoms with Gasteiger partial charge in [0.1, 0.15) is 0 Å². The van der Waals surface area contributed by atoms with Gasteiger partial charge in [-0.25, -0.2) is 0 Å². The van der Waals surface area contributed by atoms with Gasteiger partial charge in [0, 0.05) is 32.1 Å². The van der Waals surface area contributed by atoms with Gasteiger partial charge < -0.3 is 14.5 Å². The number of nitrogens with zero attached hydrogens (tertiary/aromatic N) is 3. The average molecular weight is 380 g/mol. The molecule has 0 radical (unpaired) electrons. The van der Waals surface area contributed by atoms with Gasteiger partial charge in [0.05, 0.1) is 18.2 Å². The van der Waals surface area contributed by atoms with Crippen LogP contribution in [0.25, 0.3) is 0 Å². The van der Waals surface area contributed by atoms with E-state index in [4.69, 9.17) is 4.74 Å². The molecule has 0 bridgehead atoms. The number of rotatable bonds is 3. The Morgan fingerprint density at radius 1 is 0.852 bits per heavy atom. The van der Waals surface area contributed by atoms with Crippen LogP contribution in [-0.2, 0) is 14.3 Å². The largest absolute Gasteiger partial charge is 0.372 e. The summed E-state index contributed by atoms with van der Waals surface area (Å²) in [5.74, 6) is 0.700. The molecule has 3 aliphatic heterocycles. The molecular formula is C21H37N3O3. The van der Waals surface area contributed by atoms with Crippen molar-refractivity contribution in [3.63, 3.8) is 0 Å². The van der Waals surface area contributed by atoms with Crippen LogP contribution in [0.4, 0.5) is 0 Å². The number of piperidine rings is 1. The molecule has 0 aromatic carbocycles. The molecule has 0 aromatic rings. The summed E-state index contributed by atoms with van der Waals surface area (Å²) >= 11 is 0. The van der Waals surface area contributed by atoms with E-state index in [9.17, 15) is 9.59 Å². The maximum atomic E-state index is 12.9. The van der Waals surface area contributed by atoms with Crippen molar-refractivity contribution >= 4 is 11.8 Å². The Hall–Kier alpha value is -1.14. The molecule has 6 nitrogen and oxygen atoms in total. The lowest BCUT2D eigenvalue weighted by atomic mass is 9.94. The van der Waals surface area contributed by atoms with Crippen LogP contribution in [0.15, 0.2) is 0 Å². The normalized spacial score (nSPS) is 30.0. The van der Waals surface area contributed by atoms with Gasteiger partial charge >= 0.3 is 0 Å². The number of morpholine rings is 1. The Morgan fingerprint density at radius 3 is 1.96 bits per heavy atom. The van der Waals surface area contributed by atoms with E-state index in [1.165, 1.54) is 12.8 Å². The molecule has 3 unspecified atom stereocenters. The molecule has 154 valence electrons. The molecule has 3 atom stereocenters. The minimum Gasteiger partial charge on any atom is -0.372 e. The van der Waals surface area contributed by atoms with Crippen LogP contribution in [0.5, 0.6) is 0 Å². The van der Waals surface area contributed by atoms with Gasteiger partial charge in [0.2, 0.25) is 11.8 Å². The minimum atomic E-state index is -0.114. The first kappa shape index (κ1) is 20.6. The zero-order valence-corrected chi connectivity index (χ0v) is 17.4. The molecule has 0 aromatic heterocycles. The fraction of sp³-hybridized carbons (Fsp3) is 0.905. The summed E-state index contributed by atoms with van der Waals surface area (Å²) in [6, 6.07) is -0.114. The van der Waals surface area contributed by atoms with Crippen molar-refractivity contribution in [2.24, 2.45) is 5.92 Å². The van der Waals surface area contributed by atoms with E-state index < -0.39 is 0 Å². The van der Waals surface area contributed by atoms with Crippen molar-refractivity contribution in [3.05, 3.63) is 0 Å². The molecule has 3 saturated heterocycles. The van der Waals surface area contributed by atoms with E-state index in [2.05, 4.69) is 9.80 Å². The van der Waals surface area contributed by atoms with E-state index in [1.807, 2.05) is 25.7 Å². The summed E-state index contributed by atoms with van der Waals surface area (Å²) in [7, 11) is 0. The second-order valence-electron chi connectivity index (χ2n) is 8.73. The summed E-state index contributed by atoms with van der Waals surface area (Å²) in [6.45, 7) is 11.0. The third-order valence-electron chi connectivity index (χ3n) is 6.43. The Balaban J connectivity index is 1.49. The van der Waals surface area contributed by atoms with Crippen molar-refractivity contribution in [2.45, 2.75) is 77.5 Å². The lowest BCUT2D eigenvalue weighted by molar-refractivity contribution is -0.149. The molecular weight excluding hydrogens is 342 g/mol. The van der Waals surface area contributed by atoms with E-state index in [1.54, 1.807) is 0 Å². The molecule has 27 heavy (non-hydrogen) atoms. The molecule has 0 aliphatic carbocycles. The third-order valence-corrected chi connectivity index (χ3v) is 6.43. The fourth-order valence-corrected chi connectivity index (χ4v) is 4.86. The Labute approximate surface area is 164 Å². The van der Waals surface area contributed by atoms with Crippen LogP contribution < -0.4 is 0 Å². The van der Waals surface area contributed by atoms with Crippen molar-refractivity contribution in [1.82, 2.24) is 14.7 Å². The highest BCUT2D eigenvalue weighted by Gasteiger charge is 2.35. The van der Waals surface area contributed by atoms with Crippen molar-refractivity contribution in [1.29, 1.82) is 0 Å². The second-order valence-corrected chi connectivity index (χ2v) is 8.73. The van der Waals surface area contributed by atoms with Gasteiger partial charge in [0.15, 0.2) is 0 Å².